The Hall–Kier alpha value is -4.07. The first kappa shape index (κ1) is 21.8. The fraction of sp³-hybridized carbons (Fsp3) is 0.269. The maximum atomic E-state index is 12.6. The fourth-order valence-corrected chi connectivity index (χ4v) is 4.20. The molecule has 172 valence electrons. The predicted octanol–water partition coefficient (Wildman–Crippen LogP) is 4.20. The second-order valence-corrected chi connectivity index (χ2v) is 8.59. The van der Waals surface area contributed by atoms with E-state index in [1.54, 1.807) is 18.6 Å². The highest BCUT2D eigenvalue weighted by atomic mass is 16.1. The molecule has 1 amide bonds. The Kier molecular flexibility index (Phi) is 6.29. The van der Waals surface area contributed by atoms with E-state index in [0.717, 1.165) is 48.3 Å². The minimum absolute atomic E-state index is 0.0275. The predicted molar refractivity (Wildman–Crippen MR) is 134 cm³/mol. The smallest absolute Gasteiger partial charge is 0.227 e. The second-order valence-electron chi connectivity index (χ2n) is 8.59. The van der Waals surface area contributed by atoms with E-state index in [9.17, 15) is 4.79 Å². The average molecular weight is 454 g/mol. The molecule has 0 spiro atoms. The van der Waals surface area contributed by atoms with Crippen molar-refractivity contribution in [2.45, 2.75) is 26.3 Å². The number of aromatic nitrogens is 4. The summed E-state index contributed by atoms with van der Waals surface area (Å²) in [6.07, 6.45) is 8.51. The highest BCUT2D eigenvalue weighted by Gasteiger charge is 2.26. The maximum absolute atomic E-state index is 12.6. The molecular formula is C26H27N7O. The Balaban J connectivity index is 1.23. The van der Waals surface area contributed by atoms with Crippen LogP contribution < -0.4 is 15.5 Å². The zero-order chi connectivity index (χ0) is 23.3. The topological polar surface area (TPSA) is 95.9 Å². The second kappa shape index (κ2) is 9.82. The number of pyridine rings is 2. The average Bonchev–Trinajstić information content (AvgIpc) is 2.88. The summed E-state index contributed by atoms with van der Waals surface area (Å²) < 4.78 is 0. The fourth-order valence-electron chi connectivity index (χ4n) is 4.20. The number of anilines is 3. The third-order valence-corrected chi connectivity index (χ3v) is 6.15. The summed E-state index contributed by atoms with van der Waals surface area (Å²) in [5.41, 5.74) is 4.00. The van der Waals surface area contributed by atoms with Crippen LogP contribution in [0.4, 0.5) is 17.5 Å². The van der Waals surface area contributed by atoms with Crippen LogP contribution in [-0.2, 0) is 11.3 Å². The van der Waals surface area contributed by atoms with Crippen LogP contribution in [0, 0.1) is 12.8 Å². The molecule has 8 nitrogen and oxygen atoms in total. The Morgan fingerprint density at radius 1 is 1.03 bits per heavy atom. The molecule has 34 heavy (non-hydrogen) atoms. The third kappa shape index (κ3) is 4.96. The summed E-state index contributed by atoms with van der Waals surface area (Å²) in [6, 6.07) is 14.0. The molecule has 1 saturated heterocycles. The molecule has 1 aliphatic heterocycles. The summed E-state index contributed by atoms with van der Waals surface area (Å²) in [6.45, 7) is 4.25. The molecule has 1 fully saturated rings. The van der Waals surface area contributed by atoms with E-state index in [0.29, 0.717) is 12.5 Å². The molecule has 0 aliphatic carbocycles. The van der Waals surface area contributed by atoms with Gasteiger partial charge in [0.2, 0.25) is 11.9 Å². The molecule has 0 bridgehead atoms. The highest BCUT2D eigenvalue weighted by molar-refractivity contribution is 5.93. The van der Waals surface area contributed by atoms with Crippen molar-refractivity contribution >= 4 is 34.3 Å². The molecule has 0 atom stereocenters. The highest BCUT2D eigenvalue weighted by Crippen LogP contribution is 2.28. The van der Waals surface area contributed by atoms with E-state index >= 15 is 0 Å². The van der Waals surface area contributed by atoms with E-state index in [2.05, 4.69) is 61.7 Å². The van der Waals surface area contributed by atoms with Crippen LogP contribution in [0.25, 0.3) is 10.9 Å². The van der Waals surface area contributed by atoms with Crippen LogP contribution in [0.1, 0.15) is 24.0 Å². The number of rotatable bonds is 6. The van der Waals surface area contributed by atoms with Gasteiger partial charge in [0, 0.05) is 44.1 Å². The van der Waals surface area contributed by atoms with Gasteiger partial charge in [-0.25, -0.2) is 15.0 Å². The molecule has 4 aromatic rings. The van der Waals surface area contributed by atoms with Gasteiger partial charge in [-0.05, 0) is 43.5 Å². The quantitative estimate of drug-likeness (QED) is 0.452. The van der Waals surface area contributed by atoms with Gasteiger partial charge in [0.25, 0.3) is 0 Å². The van der Waals surface area contributed by atoms with Crippen molar-refractivity contribution < 1.29 is 4.79 Å². The van der Waals surface area contributed by atoms with Crippen LogP contribution in [0.3, 0.4) is 0 Å². The van der Waals surface area contributed by atoms with Crippen molar-refractivity contribution in [2.75, 3.05) is 28.6 Å². The number of hydrogen-bond donors (Lipinski definition) is 2. The molecule has 1 aromatic carbocycles. The molecule has 0 saturated carbocycles. The summed E-state index contributed by atoms with van der Waals surface area (Å²) in [5.74, 6) is 1.48. The summed E-state index contributed by atoms with van der Waals surface area (Å²) in [7, 11) is 0. The largest absolute Gasteiger partial charge is 0.356 e. The Morgan fingerprint density at radius 2 is 1.85 bits per heavy atom. The number of fused-ring (bicyclic) bond motifs is 1. The van der Waals surface area contributed by atoms with Gasteiger partial charge < -0.3 is 15.5 Å². The van der Waals surface area contributed by atoms with Crippen LogP contribution in [0.15, 0.2) is 67.3 Å². The standard InChI is InChI=1S/C26H27N7O/c1-18-4-6-19(7-5-18)15-29-26-30-17-22-23(32-26)8-12-28-24(22)33-13-9-20(10-14-33)25(34)31-21-3-2-11-27-16-21/h2-8,11-12,16-17,20H,9-10,13-15H2,1H3,(H,31,34)(H,29,30,32). The van der Waals surface area contributed by atoms with Crippen molar-refractivity contribution in [1.82, 2.24) is 19.9 Å². The van der Waals surface area contributed by atoms with E-state index < -0.39 is 0 Å². The number of nitrogens with one attached hydrogen (secondary N) is 2. The first-order valence-corrected chi connectivity index (χ1v) is 11.5. The molecular weight excluding hydrogens is 426 g/mol. The van der Waals surface area contributed by atoms with Gasteiger partial charge in [-0.2, -0.15) is 0 Å². The van der Waals surface area contributed by atoms with Crippen molar-refractivity contribution in [3.8, 4) is 0 Å². The van der Waals surface area contributed by atoms with Gasteiger partial charge >= 0.3 is 0 Å². The van der Waals surface area contributed by atoms with E-state index in [1.165, 1.54) is 11.1 Å². The number of carbonyl (C=O) groups excluding carboxylic acids is 1. The van der Waals surface area contributed by atoms with Crippen molar-refractivity contribution in [3.63, 3.8) is 0 Å². The van der Waals surface area contributed by atoms with E-state index in [1.807, 2.05) is 24.4 Å². The van der Waals surface area contributed by atoms with Crippen molar-refractivity contribution in [2.24, 2.45) is 5.92 Å². The zero-order valence-corrected chi connectivity index (χ0v) is 19.1. The lowest BCUT2D eigenvalue weighted by Crippen LogP contribution is -2.38. The van der Waals surface area contributed by atoms with Crippen LogP contribution in [0.5, 0.6) is 0 Å². The lowest BCUT2D eigenvalue weighted by atomic mass is 9.95. The van der Waals surface area contributed by atoms with Gasteiger partial charge in [-0.3, -0.25) is 9.78 Å². The van der Waals surface area contributed by atoms with Crippen LogP contribution in [0.2, 0.25) is 0 Å². The molecule has 0 unspecified atom stereocenters. The van der Waals surface area contributed by atoms with Gasteiger partial charge in [0.15, 0.2) is 0 Å². The Morgan fingerprint density at radius 3 is 2.62 bits per heavy atom. The lowest BCUT2D eigenvalue weighted by Gasteiger charge is -2.32. The number of hydrogen-bond acceptors (Lipinski definition) is 7. The minimum atomic E-state index is -0.0275. The lowest BCUT2D eigenvalue weighted by molar-refractivity contribution is -0.120. The summed E-state index contributed by atoms with van der Waals surface area (Å²) in [5, 5.41) is 7.19. The number of piperidine rings is 1. The minimum Gasteiger partial charge on any atom is -0.356 e. The molecule has 2 N–H and O–H groups in total. The monoisotopic (exact) mass is 453 g/mol. The van der Waals surface area contributed by atoms with E-state index in [4.69, 9.17) is 4.98 Å². The number of amides is 1. The number of nitrogens with zero attached hydrogens (tertiary/aromatic N) is 5. The van der Waals surface area contributed by atoms with Crippen molar-refractivity contribution in [1.29, 1.82) is 0 Å². The molecule has 0 radical (unpaired) electrons. The Labute approximate surface area is 198 Å². The molecule has 1 aliphatic rings. The van der Waals surface area contributed by atoms with Crippen LogP contribution >= 0.6 is 0 Å². The van der Waals surface area contributed by atoms with Gasteiger partial charge in [-0.15, -0.1) is 0 Å². The zero-order valence-electron chi connectivity index (χ0n) is 19.1. The first-order valence-electron chi connectivity index (χ1n) is 11.5. The maximum Gasteiger partial charge on any atom is 0.227 e. The molecule has 3 aromatic heterocycles. The Bertz CT molecular complexity index is 1270. The number of aryl methyl sites for hydroxylation is 1. The van der Waals surface area contributed by atoms with Gasteiger partial charge in [-0.1, -0.05) is 29.8 Å². The normalized spacial score (nSPS) is 14.2. The summed E-state index contributed by atoms with van der Waals surface area (Å²) in [4.78, 5) is 32.8. The molecule has 5 rings (SSSR count). The van der Waals surface area contributed by atoms with Crippen molar-refractivity contribution in [3.05, 3.63) is 78.4 Å². The molecule has 4 heterocycles. The third-order valence-electron chi connectivity index (χ3n) is 6.15. The van der Waals surface area contributed by atoms with Crippen LogP contribution in [-0.4, -0.2) is 38.9 Å². The van der Waals surface area contributed by atoms with E-state index in [-0.39, 0.29) is 11.8 Å². The van der Waals surface area contributed by atoms with Gasteiger partial charge in [0.1, 0.15) is 5.82 Å². The number of benzene rings is 1. The number of carbonyl (C=O) groups is 1. The SMILES string of the molecule is Cc1ccc(CNc2ncc3c(N4CCC(C(=O)Nc5cccnc5)CC4)nccc3n2)cc1. The summed E-state index contributed by atoms with van der Waals surface area (Å²) >= 11 is 0. The molecule has 8 heteroatoms. The first-order chi connectivity index (χ1) is 16.7. The van der Waals surface area contributed by atoms with Gasteiger partial charge in [0.05, 0.1) is 22.8 Å².